The Labute approximate surface area is 182 Å². The number of hydrogen-bond acceptors (Lipinski definition) is 7. The van der Waals surface area contributed by atoms with Crippen LogP contribution in [0.4, 0.5) is 0 Å². The quantitative estimate of drug-likeness (QED) is 0.255. The van der Waals surface area contributed by atoms with Crippen LogP contribution in [0.25, 0.3) is 15.8 Å². The first-order valence-electron chi connectivity index (χ1n) is 9.36. The number of allylic oxidation sites excluding steroid dienone is 1. The number of fused-ring (bicyclic) bond motifs is 1. The zero-order chi connectivity index (χ0) is 21.1. The largest absolute Gasteiger partial charge is 0.510 e. The van der Waals surface area contributed by atoms with E-state index in [0.717, 1.165) is 21.6 Å². The second-order valence-electron chi connectivity index (χ2n) is 6.72. The van der Waals surface area contributed by atoms with Crippen molar-refractivity contribution >= 4 is 38.9 Å². The molecule has 2 aromatic carbocycles. The highest BCUT2D eigenvalue weighted by Crippen LogP contribution is 2.33. The first kappa shape index (κ1) is 20.1. The summed E-state index contributed by atoms with van der Waals surface area (Å²) in [7, 11) is 0. The van der Waals surface area contributed by atoms with E-state index in [1.165, 1.54) is 23.1 Å². The maximum Gasteiger partial charge on any atom is 0.192 e. The molecule has 0 saturated heterocycles. The minimum absolute atomic E-state index is 0.00605. The van der Waals surface area contributed by atoms with E-state index in [0.29, 0.717) is 16.7 Å². The number of rotatable bonds is 6. The number of benzene rings is 2. The van der Waals surface area contributed by atoms with E-state index in [9.17, 15) is 10.4 Å². The van der Waals surface area contributed by atoms with Crippen LogP contribution in [0.3, 0.4) is 0 Å². The summed E-state index contributed by atoms with van der Waals surface area (Å²) in [6.07, 6.45) is 0. The van der Waals surface area contributed by atoms with Crippen LogP contribution in [0.5, 0.6) is 0 Å². The zero-order valence-electron chi connectivity index (χ0n) is 16.5. The third kappa shape index (κ3) is 4.08. The Balaban J connectivity index is 1.61. The SMILES string of the molecule is Cc1nnc(SC(C)/C(O)=C(\C#N)c2nc3ccccc3s2)n1Cc1ccccc1. The van der Waals surface area contributed by atoms with Crippen molar-refractivity contribution in [3.63, 3.8) is 0 Å². The average molecular weight is 434 g/mol. The lowest BCUT2D eigenvalue weighted by atomic mass is 10.2. The summed E-state index contributed by atoms with van der Waals surface area (Å²) in [5, 5.41) is 29.8. The lowest BCUT2D eigenvalue weighted by Crippen LogP contribution is -2.08. The molecule has 0 bridgehead atoms. The second kappa shape index (κ2) is 8.69. The minimum Gasteiger partial charge on any atom is -0.510 e. The molecular formula is C22H19N5OS2. The van der Waals surface area contributed by atoms with E-state index in [1.807, 2.05) is 60.9 Å². The number of aliphatic hydroxyl groups excluding tert-OH is 1. The number of aryl methyl sites for hydroxylation is 1. The number of aromatic nitrogens is 4. The van der Waals surface area contributed by atoms with Gasteiger partial charge in [0.1, 0.15) is 28.2 Å². The molecule has 0 saturated carbocycles. The maximum atomic E-state index is 10.9. The van der Waals surface area contributed by atoms with Gasteiger partial charge in [0.2, 0.25) is 0 Å². The van der Waals surface area contributed by atoms with Gasteiger partial charge in [0.05, 0.1) is 22.0 Å². The van der Waals surface area contributed by atoms with Gasteiger partial charge in [0, 0.05) is 0 Å². The van der Waals surface area contributed by atoms with E-state index in [4.69, 9.17) is 0 Å². The van der Waals surface area contributed by atoms with Crippen molar-refractivity contribution in [3.8, 4) is 6.07 Å². The van der Waals surface area contributed by atoms with E-state index >= 15 is 0 Å². The molecule has 4 rings (SSSR count). The van der Waals surface area contributed by atoms with Gasteiger partial charge in [0.15, 0.2) is 5.16 Å². The Morgan fingerprint density at radius 1 is 1.17 bits per heavy atom. The molecule has 1 atom stereocenters. The Morgan fingerprint density at radius 3 is 2.63 bits per heavy atom. The smallest absolute Gasteiger partial charge is 0.192 e. The molecule has 2 aromatic heterocycles. The third-order valence-corrected chi connectivity index (χ3v) is 6.77. The van der Waals surface area contributed by atoms with Crippen LogP contribution < -0.4 is 0 Å². The molecule has 0 radical (unpaired) electrons. The normalized spacial score (nSPS) is 13.1. The van der Waals surface area contributed by atoms with Crippen molar-refractivity contribution < 1.29 is 5.11 Å². The molecule has 0 aliphatic heterocycles. The molecule has 0 fully saturated rings. The Morgan fingerprint density at radius 2 is 1.90 bits per heavy atom. The van der Waals surface area contributed by atoms with Gasteiger partial charge in [-0.2, -0.15) is 5.26 Å². The van der Waals surface area contributed by atoms with Crippen LogP contribution in [0, 0.1) is 18.3 Å². The monoisotopic (exact) mass is 433 g/mol. The molecular weight excluding hydrogens is 414 g/mol. The summed E-state index contributed by atoms with van der Waals surface area (Å²) in [6.45, 7) is 4.39. The Hall–Kier alpha value is -3.15. The lowest BCUT2D eigenvalue weighted by Gasteiger charge is -2.13. The molecule has 150 valence electrons. The van der Waals surface area contributed by atoms with Gasteiger partial charge in [-0.1, -0.05) is 54.2 Å². The fraction of sp³-hybridized carbons (Fsp3) is 0.182. The van der Waals surface area contributed by atoms with Gasteiger partial charge >= 0.3 is 0 Å². The van der Waals surface area contributed by atoms with Gasteiger partial charge in [-0.05, 0) is 31.5 Å². The van der Waals surface area contributed by atoms with Crippen molar-refractivity contribution in [1.29, 1.82) is 5.26 Å². The number of para-hydroxylation sites is 1. The second-order valence-corrected chi connectivity index (χ2v) is 9.06. The number of aliphatic hydroxyl groups is 1. The van der Waals surface area contributed by atoms with E-state index in [2.05, 4.69) is 33.4 Å². The van der Waals surface area contributed by atoms with Crippen LogP contribution in [-0.2, 0) is 6.54 Å². The standard InChI is InChI=1S/C22H19N5OS2/c1-14(20(28)17(12-23)21-24-18-10-6-7-11-19(18)30-21)29-22-26-25-15(2)27(22)13-16-8-4-3-5-9-16/h3-11,14,28H,13H2,1-2H3/b20-17-. The van der Waals surface area contributed by atoms with Gasteiger partial charge < -0.3 is 9.67 Å². The van der Waals surface area contributed by atoms with E-state index < -0.39 is 0 Å². The summed E-state index contributed by atoms with van der Waals surface area (Å²) >= 11 is 2.77. The number of nitriles is 1. The number of thiazole rings is 1. The Kier molecular flexibility index (Phi) is 5.84. The van der Waals surface area contributed by atoms with Crippen molar-refractivity contribution in [2.24, 2.45) is 0 Å². The molecule has 0 amide bonds. The lowest BCUT2D eigenvalue weighted by molar-refractivity contribution is 0.402. The summed E-state index contributed by atoms with van der Waals surface area (Å²) in [5.41, 5.74) is 2.15. The Bertz CT molecular complexity index is 1220. The minimum atomic E-state index is -0.384. The van der Waals surface area contributed by atoms with Crippen LogP contribution in [0.15, 0.2) is 65.5 Å². The number of hydrogen-bond donors (Lipinski definition) is 1. The van der Waals surface area contributed by atoms with Crippen molar-refractivity contribution in [1.82, 2.24) is 19.7 Å². The summed E-state index contributed by atoms with van der Waals surface area (Å²) < 4.78 is 2.99. The molecule has 8 heteroatoms. The molecule has 6 nitrogen and oxygen atoms in total. The fourth-order valence-electron chi connectivity index (χ4n) is 3.01. The van der Waals surface area contributed by atoms with Crippen molar-refractivity contribution in [2.75, 3.05) is 0 Å². The fourth-order valence-corrected chi connectivity index (χ4v) is 4.93. The summed E-state index contributed by atoms with van der Waals surface area (Å²) in [4.78, 5) is 4.51. The highest BCUT2D eigenvalue weighted by molar-refractivity contribution is 7.99. The molecule has 2 heterocycles. The van der Waals surface area contributed by atoms with Gasteiger partial charge in [-0.15, -0.1) is 21.5 Å². The maximum absolute atomic E-state index is 10.9. The first-order valence-corrected chi connectivity index (χ1v) is 11.1. The highest BCUT2D eigenvalue weighted by atomic mass is 32.2. The molecule has 30 heavy (non-hydrogen) atoms. The van der Waals surface area contributed by atoms with Crippen LogP contribution in [-0.4, -0.2) is 30.1 Å². The van der Waals surface area contributed by atoms with Crippen LogP contribution in [0.1, 0.15) is 23.3 Å². The predicted octanol–water partition coefficient (Wildman–Crippen LogP) is 5.22. The van der Waals surface area contributed by atoms with Gasteiger partial charge in [-0.25, -0.2) is 4.98 Å². The van der Waals surface area contributed by atoms with Crippen molar-refractivity contribution in [3.05, 3.63) is 76.8 Å². The van der Waals surface area contributed by atoms with Gasteiger partial charge in [-0.3, -0.25) is 0 Å². The molecule has 0 aliphatic rings. The summed E-state index contributed by atoms with van der Waals surface area (Å²) in [5.74, 6) is 0.789. The van der Waals surface area contributed by atoms with E-state index in [-0.39, 0.29) is 16.6 Å². The van der Waals surface area contributed by atoms with Crippen LogP contribution in [0.2, 0.25) is 0 Å². The highest BCUT2D eigenvalue weighted by Gasteiger charge is 2.22. The topological polar surface area (TPSA) is 87.6 Å². The van der Waals surface area contributed by atoms with Crippen LogP contribution >= 0.6 is 23.1 Å². The predicted molar refractivity (Wildman–Crippen MR) is 120 cm³/mol. The number of nitrogens with zero attached hydrogens (tertiary/aromatic N) is 5. The summed E-state index contributed by atoms with van der Waals surface area (Å²) in [6, 6.07) is 19.9. The zero-order valence-corrected chi connectivity index (χ0v) is 18.1. The molecule has 1 unspecified atom stereocenters. The first-order chi connectivity index (χ1) is 14.6. The third-order valence-electron chi connectivity index (χ3n) is 4.63. The van der Waals surface area contributed by atoms with Crippen molar-refractivity contribution in [2.45, 2.75) is 30.8 Å². The average Bonchev–Trinajstić information content (AvgIpc) is 3.33. The molecule has 1 N–H and O–H groups in total. The van der Waals surface area contributed by atoms with E-state index in [1.54, 1.807) is 0 Å². The molecule has 0 aliphatic carbocycles. The number of thioether (sulfide) groups is 1. The molecule has 0 spiro atoms. The molecule has 4 aromatic rings. The van der Waals surface area contributed by atoms with Gasteiger partial charge in [0.25, 0.3) is 0 Å².